The number of hydrogen-bond acceptors (Lipinski definition) is 3. The van der Waals surface area contributed by atoms with Gasteiger partial charge in [0.2, 0.25) is 11.8 Å². The Morgan fingerprint density at radius 2 is 1.57 bits per heavy atom. The number of aliphatic hydroxyl groups excluding tert-OH is 1. The number of aliphatic hydroxyl groups is 1. The number of rotatable bonds is 3. The molecule has 2 amide bonds. The van der Waals surface area contributed by atoms with Gasteiger partial charge in [0.25, 0.3) is 0 Å². The number of nitrogens with zero attached hydrogens (tertiary/aromatic N) is 2. The number of hydrogen-bond donors (Lipinski definition) is 1. The van der Waals surface area contributed by atoms with Crippen molar-refractivity contribution in [3.8, 4) is 0 Å². The molecule has 23 heavy (non-hydrogen) atoms. The monoisotopic (exact) mass is 316 g/mol. The maximum absolute atomic E-state index is 12.3. The minimum atomic E-state index is -0.472. The molecule has 5 heteroatoms. The summed E-state index contributed by atoms with van der Waals surface area (Å²) in [6.07, 6.45) is 3.45. The fourth-order valence-corrected chi connectivity index (χ4v) is 2.71. The summed E-state index contributed by atoms with van der Waals surface area (Å²) in [5.74, 6) is -0.322. The number of piperazine rings is 1. The molecule has 0 aromatic heterocycles. The zero-order valence-corrected chi connectivity index (χ0v) is 14.0. The van der Waals surface area contributed by atoms with Crippen molar-refractivity contribution in [2.75, 3.05) is 32.8 Å². The van der Waals surface area contributed by atoms with Crippen LogP contribution in [0.25, 0.3) is 6.08 Å². The van der Waals surface area contributed by atoms with E-state index in [9.17, 15) is 9.59 Å². The minimum absolute atomic E-state index is 0.0428. The van der Waals surface area contributed by atoms with Gasteiger partial charge in [-0.15, -0.1) is 0 Å². The van der Waals surface area contributed by atoms with Crippen LogP contribution >= 0.6 is 0 Å². The van der Waals surface area contributed by atoms with Gasteiger partial charge >= 0.3 is 0 Å². The van der Waals surface area contributed by atoms with Crippen LogP contribution in [0, 0.1) is 20.8 Å². The van der Waals surface area contributed by atoms with Crippen molar-refractivity contribution in [2.24, 2.45) is 0 Å². The van der Waals surface area contributed by atoms with Crippen LogP contribution in [-0.2, 0) is 9.59 Å². The maximum atomic E-state index is 12.3. The lowest BCUT2D eigenvalue weighted by atomic mass is 10.0. The first-order valence-electron chi connectivity index (χ1n) is 7.86. The molecule has 1 heterocycles. The van der Waals surface area contributed by atoms with E-state index in [1.165, 1.54) is 11.1 Å². The maximum Gasteiger partial charge on any atom is 0.248 e. The Labute approximate surface area is 137 Å². The zero-order chi connectivity index (χ0) is 17.0. The normalized spacial score (nSPS) is 15.3. The van der Waals surface area contributed by atoms with E-state index in [1.807, 2.05) is 13.0 Å². The predicted molar refractivity (Wildman–Crippen MR) is 89.9 cm³/mol. The summed E-state index contributed by atoms with van der Waals surface area (Å²) in [4.78, 5) is 27.0. The summed E-state index contributed by atoms with van der Waals surface area (Å²) in [6, 6.07) is 4.21. The van der Waals surface area contributed by atoms with Gasteiger partial charge in [0.05, 0.1) is 0 Å². The largest absolute Gasteiger partial charge is 0.387 e. The van der Waals surface area contributed by atoms with Gasteiger partial charge in [-0.05, 0) is 49.1 Å². The Morgan fingerprint density at radius 1 is 1.00 bits per heavy atom. The van der Waals surface area contributed by atoms with Crippen molar-refractivity contribution in [3.05, 3.63) is 40.5 Å². The third kappa shape index (κ3) is 4.20. The summed E-state index contributed by atoms with van der Waals surface area (Å²) in [5, 5.41) is 8.86. The molecule has 1 saturated heterocycles. The molecule has 5 nitrogen and oxygen atoms in total. The quantitative estimate of drug-likeness (QED) is 0.855. The van der Waals surface area contributed by atoms with E-state index in [2.05, 4.69) is 26.0 Å². The van der Waals surface area contributed by atoms with Crippen molar-refractivity contribution in [3.63, 3.8) is 0 Å². The van der Waals surface area contributed by atoms with E-state index in [0.29, 0.717) is 26.2 Å². The molecule has 0 aliphatic carbocycles. The van der Waals surface area contributed by atoms with E-state index in [1.54, 1.807) is 15.9 Å². The smallest absolute Gasteiger partial charge is 0.248 e. The second-order valence-electron chi connectivity index (χ2n) is 5.99. The van der Waals surface area contributed by atoms with Crippen LogP contribution in [0.15, 0.2) is 18.2 Å². The molecule has 0 unspecified atom stereocenters. The molecule has 1 N–H and O–H groups in total. The Hall–Kier alpha value is -2.14. The van der Waals surface area contributed by atoms with Crippen LogP contribution in [0.4, 0.5) is 0 Å². The first-order chi connectivity index (χ1) is 10.9. The highest BCUT2D eigenvalue weighted by Gasteiger charge is 2.22. The standard InChI is InChI=1S/C18H24N2O3/c1-13-10-15(3)16(11-14(13)2)4-5-17(22)19-6-8-20(9-7-19)18(23)12-21/h4-5,10-11,21H,6-9,12H2,1-3H3/b5-4+. The molecule has 1 fully saturated rings. The molecule has 2 rings (SSSR count). The molecule has 0 spiro atoms. The minimum Gasteiger partial charge on any atom is -0.387 e. The molecule has 1 aliphatic heterocycles. The predicted octanol–water partition coefficient (Wildman–Crippen LogP) is 1.29. The van der Waals surface area contributed by atoms with E-state index in [-0.39, 0.29) is 11.8 Å². The van der Waals surface area contributed by atoms with Crippen LogP contribution in [-0.4, -0.2) is 59.5 Å². The molecule has 1 aromatic rings. The highest BCUT2D eigenvalue weighted by atomic mass is 16.3. The lowest BCUT2D eigenvalue weighted by Gasteiger charge is -2.33. The van der Waals surface area contributed by atoms with Gasteiger partial charge in [0, 0.05) is 32.3 Å². The Balaban J connectivity index is 1.98. The SMILES string of the molecule is Cc1cc(C)c(/C=C/C(=O)N2CCN(C(=O)CO)CC2)cc1C. The number of amides is 2. The lowest BCUT2D eigenvalue weighted by molar-refractivity contribution is -0.139. The molecule has 0 saturated carbocycles. The van der Waals surface area contributed by atoms with Gasteiger partial charge in [0.15, 0.2) is 0 Å². The lowest BCUT2D eigenvalue weighted by Crippen LogP contribution is -2.50. The Kier molecular flexibility index (Phi) is 5.55. The summed E-state index contributed by atoms with van der Waals surface area (Å²) in [5.41, 5.74) is 4.65. The molecule has 0 bridgehead atoms. The van der Waals surface area contributed by atoms with E-state index in [0.717, 1.165) is 11.1 Å². The Morgan fingerprint density at radius 3 is 2.17 bits per heavy atom. The molecule has 0 atom stereocenters. The third-order valence-corrected chi connectivity index (χ3v) is 4.37. The average molecular weight is 316 g/mol. The van der Waals surface area contributed by atoms with Gasteiger partial charge in [-0.1, -0.05) is 12.1 Å². The van der Waals surface area contributed by atoms with E-state index < -0.39 is 6.61 Å². The molecular formula is C18H24N2O3. The highest BCUT2D eigenvalue weighted by molar-refractivity contribution is 5.92. The zero-order valence-electron chi connectivity index (χ0n) is 14.0. The van der Waals surface area contributed by atoms with Gasteiger partial charge < -0.3 is 14.9 Å². The van der Waals surface area contributed by atoms with Crippen molar-refractivity contribution >= 4 is 17.9 Å². The summed E-state index contributed by atoms with van der Waals surface area (Å²) < 4.78 is 0. The molecule has 0 radical (unpaired) electrons. The van der Waals surface area contributed by atoms with Crippen LogP contribution < -0.4 is 0 Å². The van der Waals surface area contributed by atoms with Gasteiger partial charge in [-0.25, -0.2) is 0 Å². The summed E-state index contributed by atoms with van der Waals surface area (Å²) in [6.45, 7) is 7.65. The average Bonchev–Trinajstić information content (AvgIpc) is 2.56. The topological polar surface area (TPSA) is 60.9 Å². The molecule has 124 valence electrons. The second kappa shape index (κ2) is 7.42. The van der Waals surface area contributed by atoms with Crippen LogP contribution in [0.3, 0.4) is 0 Å². The van der Waals surface area contributed by atoms with Crippen LogP contribution in [0.1, 0.15) is 22.3 Å². The molecular weight excluding hydrogens is 292 g/mol. The number of carbonyl (C=O) groups excluding carboxylic acids is 2. The van der Waals surface area contributed by atoms with Crippen molar-refractivity contribution in [1.29, 1.82) is 0 Å². The van der Waals surface area contributed by atoms with Gasteiger partial charge in [-0.2, -0.15) is 0 Å². The van der Waals surface area contributed by atoms with Crippen LogP contribution in [0.5, 0.6) is 0 Å². The number of carbonyl (C=O) groups is 2. The van der Waals surface area contributed by atoms with Crippen molar-refractivity contribution < 1.29 is 14.7 Å². The third-order valence-electron chi connectivity index (χ3n) is 4.37. The van der Waals surface area contributed by atoms with Crippen molar-refractivity contribution in [2.45, 2.75) is 20.8 Å². The van der Waals surface area contributed by atoms with Crippen LogP contribution in [0.2, 0.25) is 0 Å². The number of aryl methyl sites for hydroxylation is 3. The fourth-order valence-electron chi connectivity index (χ4n) is 2.71. The van der Waals surface area contributed by atoms with Gasteiger partial charge in [0.1, 0.15) is 6.61 Å². The molecule has 1 aromatic carbocycles. The second-order valence-corrected chi connectivity index (χ2v) is 5.99. The van der Waals surface area contributed by atoms with E-state index >= 15 is 0 Å². The highest BCUT2D eigenvalue weighted by Crippen LogP contribution is 2.17. The molecule has 1 aliphatic rings. The fraction of sp³-hybridized carbons (Fsp3) is 0.444. The van der Waals surface area contributed by atoms with E-state index in [4.69, 9.17) is 5.11 Å². The Bertz CT molecular complexity index is 629. The first-order valence-corrected chi connectivity index (χ1v) is 7.86. The first kappa shape index (κ1) is 17.2. The summed E-state index contributed by atoms with van der Waals surface area (Å²) in [7, 11) is 0. The van der Waals surface area contributed by atoms with Gasteiger partial charge in [-0.3, -0.25) is 9.59 Å². The van der Waals surface area contributed by atoms with Crippen molar-refractivity contribution in [1.82, 2.24) is 9.80 Å². The number of benzene rings is 1. The summed E-state index contributed by atoms with van der Waals surface area (Å²) >= 11 is 0.